The molecule has 0 radical (unpaired) electrons. The highest BCUT2D eigenvalue weighted by Crippen LogP contribution is 1.95. The van der Waals surface area contributed by atoms with E-state index >= 15 is 0 Å². The van der Waals surface area contributed by atoms with E-state index in [4.69, 9.17) is 19.7 Å². The van der Waals surface area contributed by atoms with Gasteiger partial charge in [-0.05, 0) is 19.8 Å². The van der Waals surface area contributed by atoms with Crippen LogP contribution >= 0.6 is 0 Å². The molecule has 0 aliphatic rings. The number of carboxylic acid groups (broad SMARTS) is 2. The highest BCUT2D eigenvalue weighted by atomic mass is 16.6. The molecular formula is C10H16O5. The molecule has 0 bridgehead atoms. The van der Waals surface area contributed by atoms with Gasteiger partial charge < -0.3 is 14.9 Å². The monoisotopic (exact) mass is 216 g/mol. The zero-order valence-corrected chi connectivity index (χ0v) is 8.73. The van der Waals surface area contributed by atoms with E-state index in [1.165, 1.54) is 0 Å². The average Bonchev–Trinajstić information content (AvgIpc) is 2.11. The molecule has 0 amide bonds. The topological polar surface area (TPSA) is 83.8 Å². The summed E-state index contributed by atoms with van der Waals surface area (Å²) in [7, 11) is 0. The maximum Gasteiger partial charge on any atom is 0.503 e. The normalized spacial score (nSPS) is 8.07. The molecule has 5 nitrogen and oxygen atoms in total. The molecule has 0 saturated carbocycles. The molecule has 0 heterocycles. The molecule has 2 N–H and O–H groups in total. The zero-order valence-electron chi connectivity index (χ0n) is 8.73. The van der Waals surface area contributed by atoms with Crippen molar-refractivity contribution < 1.29 is 24.5 Å². The van der Waals surface area contributed by atoms with Crippen LogP contribution in [0, 0.1) is 0 Å². The third kappa shape index (κ3) is 18.9. The molecule has 86 valence electrons. The Bertz CT molecular complexity index is 228. The number of hydrogen-bond acceptors (Lipinski definition) is 3. The molecule has 0 aromatic carbocycles. The van der Waals surface area contributed by atoms with Gasteiger partial charge in [0.25, 0.3) is 0 Å². The van der Waals surface area contributed by atoms with E-state index in [-0.39, 0.29) is 5.97 Å². The van der Waals surface area contributed by atoms with Crippen molar-refractivity contribution in [3.05, 3.63) is 24.8 Å². The number of rotatable bonds is 5. The first-order valence-corrected chi connectivity index (χ1v) is 4.27. The summed E-state index contributed by atoms with van der Waals surface area (Å²) in [4.78, 5) is 19.3. The Morgan fingerprint density at radius 2 is 1.87 bits per heavy atom. The lowest BCUT2D eigenvalue weighted by Crippen LogP contribution is -2.05. The quantitative estimate of drug-likeness (QED) is 0.319. The highest BCUT2D eigenvalue weighted by Gasteiger charge is 2.00. The van der Waals surface area contributed by atoms with E-state index in [1.807, 2.05) is 0 Å². The van der Waals surface area contributed by atoms with Gasteiger partial charge in [0.1, 0.15) is 0 Å². The zero-order chi connectivity index (χ0) is 12.3. The lowest BCUT2D eigenvalue weighted by molar-refractivity contribution is -0.139. The van der Waals surface area contributed by atoms with E-state index in [2.05, 4.69) is 13.2 Å². The summed E-state index contributed by atoms with van der Waals surface area (Å²) in [5, 5.41) is 13.9. The van der Waals surface area contributed by atoms with Gasteiger partial charge in [-0.3, -0.25) is 0 Å². The van der Waals surface area contributed by atoms with Crippen molar-refractivity contribution in [2.24, 2.45) is 0 Å². The summed E-state index contributed by atoms with van der Waals surface area (Å²) < 4.78 is 4.82. The van der Waals surface area contributed by atoms with Gasteiger partial charge in [-0.2, -0.15) is 0 Å². The first kappa shape index (κ1) is 15.7. The van der Waals surface area contributed by atoms with Crippen LogP contribution < -0.4 is 0 Å². The molecule has 0 unspecified atom stereocenters. The van der Waals surface area contributed by atoms with Crippen LogP contribution in [0.4, 0.5) is 4.79 Å². The molecule has 0 atom stereocenters. The van der Waals surface area contributed by atoms with Crippen LogP contribution in [-0.4, -0.2) is 28.9 Å². The van der Waals surface area contributed by atoms with E-state index in [0.717, 1.165) is 12.8 Å². The van der Waals surface area contributed by atoms with Crippen LogP contribution in [0.1, 0.15) is 19.8 Å². The van der Waals surface area contributed by atoms with Gasteiger partial charge in [0.2, 0.25) is 0 Å². The molecule has 0 aliphatic carbocycles. The number of unbranched alkanes of at least 4 members (excludes halogenated alkanes) is 1. The molecule has 0 saturated heterocycles. The second kappa shape index (κ2) is 10.3. The maximum atomic E-state index is 10.8. The Morgan fingerprint density at radius 1 is 1.40 bits per heavy atom. The smallest absolute Gasteiger partial charge is 0.462 e. The number of ether oxygens (including phenoxy) is 1. The second-order valence-electron chi connectivity index (χ2n) is 2.63. The summed E-state index contributed by atoms with van der Waals surface area (Å²) >= 11 is 0. The van der Waals surface area contributed by atoms with Gasteiger partial charge in [-0.25, -0.2) is 9.59 Å². The lowest BCUT2D eigenvalue weighted by Gasteiger charge is -2.01. The Balaban J connectivity index is 0. The van der Waals surface area contributed by atoms with Crippen molar-refractivity contribution in [1.82, 2.24) is 0 Å². The molecule has 0 aliphatic heterocycles. The third-order valence-corrected chi connectivity index (χ3v) is 1.13. The van der Waals surface area contributed by atoms with Crippen molar-refractivity contribution in [2.45, 2.75) is 19.8 Å². The predicted molar refractivity (Wildman–Crippen MR) is 55.9 cm³/mol. The van der Waals surface area contributed by atoms with Crippen molar-refractivity contribution in [2.75, 3.05) is 6.61 Å². The highest BCUT2D eigenvalue weighted by molar-refractivity contribution is 5.86. The predicted octanol–water partition coefficient (Wildman–Crippen LogP) is 2.29. The van der Waals surface area contributed by atoms with E-state index in [0.29, 0.717) is 12.2 Å². The summed E-state index contributed by atoms with van der Waals surface area (Å²) in [6.07, 6.45) is 1.68. The summed E-state index contributed by atoms with van der Waals surface area (Å²) in [5.41, 5.74) is 0.448. The molecule has 15 heavy (non-hydrogen) atoms. The Kier molecular flexibility index (Phi) is 10.8. The fourth-order valence-corrected chi connectivity index (χ4v) is 0.516. The Morgan fingerprint density at radius 3 is 2.20 bits per heavy atom. The largest absolute Gasteiger partial charge is 0.503 e. The van der Waals surface area contributed by atoms with Gasteiger partial charge >= 0.3 is 12.1 Å². The number of carbonyl (C=O) groups excluding carboxylic acids is 1. The third-order valence-electron chi connectivity index (χ3n) is 1.13. The standard InChI is InChI=1S/C9H14O2.CH2O3/c1-4-5-6-7-11-9(10)8(2)3;2-1(3)4/h4H,1-2,5-7H2,3H3;(H2,2,3,4). The van der Waals surface area contributed by atoms with Gasteiger partial charge in [-0.15, -0.1) is 6.58 Å². The molecule has 5 heteroatoms. The minimum absolute atomic E-state index is 0.311. The minimum atomic E-state index is -1.83. The van der Waals surface area contributed by atoms with Crippen molar-refractivity contribution in [3.63, 3.8) is 0 Å². The van der Waals surface area contributed by atoms with Crippen molar-refractivity contribution in [1.29, 1.82) is 0 Å². The van der Waals surface area contributed by atoms with Crippen LogP contribution in [0.3, 0.4) is 0 Å². The molecule has 0 fully saturated rings. The first-order valence-electron chi connectivity index (χ1n) is 4.27. The first-order chi connectivity index (χ1) is 6.91. The van der Waals surface area contributed by atoms with E-state index in [1.54, 1.807) is 13.0 Å². The van der Waals surface area contributed by atoms with Gasteiger partial charge in [0, 0.05) is 5.57 Å². The van der Waals surface area contributed by atoms with Gasteiger partial charge in [0.05, 0.1) is 6.61 Å². The van der Waals surface area contributed by atoms with Crippen LogP contribution in [0.2, 0.25) is 0 Å². The molecule has 0 aromatic rings. The van der Waals surface area contributed by atoms with E-state index < -0.39 is 6.16 Å². The van der Waals surface area contributed by atoms with Crippen LogP contribution in [0.5, 0.6) is 0 Å². The van der Waals surface area contributed by atoms with Gasteiger partial charge in [-0.1, -0.05) is 12.7 Å². The average molecular weight is 216 g/mol. The van der Waals surface area contributed by atoms with E-state index in [9.17, 15) is 4.79 Å². The Hall–Kier alpha value is -1.78. The summed E-state index contributed by atoms with van der Waals surface area (Å²) in [6.45, 7) is 9.10. The molecule has 0 rings (SSSR count). The number of hydrogen-bond donors (Lipinski definition) is 2. The van der Waals surface area contributed by atoms with Gasteiger partial charge in [0.15, 0.2) is 0 Å². The SMILES string of the molecule is C=CCCCOC(=O)C(=C)C.O=C(O)O. The molecular weight excluding hydrogens is 200 g/mol. The Labute approximate surface area is 88.7 Å². The lowest BCUT2D eigenvalue weighted by atomic mass is 10.3. The van der Waals surface area contributed by atoms with Crippen molar-refractivity contribution in [3.8, 4) is 0 Å². The minimum Gasteiger partial charge on any atom is -0.462 e. The number of allylic oxidation sites excluding steroid dienone is 1. The maximum absolute atomic E-state index is 10.8. The number of carbonyl (C=O) groups is 2. The summed E-state index contributed by atoms with van der Waals surface area (Å²) in [5.74, 6) is -0.311. The van der Waals surface area contributed by atoms with Crippen LogP contribution in [0.25, 0.3) is 0 Å². The second-order valence-corrected chi connectivity index (χ2v) is 2.63. The number of esters is 1. The van der Waals surface area contributed by atoms with Crippen LogP contribution in [-0.2, 0) is 9.53 Å². The fraction of sp³-hybridized carbons (Fsp3) is 0.400. The molecule has 0 spiro atoms. The fourth-order valence-electron chi connectivity index (χ4n) is 0.516. The summed E-state index contributed by atoms with van der Waals surface area (Å²) in [6, 6.07) is 0. The van der Waals surface area contributed by atoms with Crippen molar-refractivity contribution >= 4 is 12.1 Å². The molecule has 0 aromatic heterocycles. The van der Waals surface area contributed by atoms with Crippen LogP contribution in [0.15, 0.2) is 24.8 Å².